The molecule has 1 atom stereocenters. The molecule has 0 unspecified atom stereocenters. The number of hydrogen-bond acceptors (Lipinski definition) is 4. The number of nitrogens with zero attached hydrogens (tertiary/aromatic N) is 3. The summed E-state index contributed by atoms with van der Waals surface area (Å²) >= 11 is 0. The Hall–Kier alpha value is -1.86. The molecule has 1 aliphatic rings. The number of carbonyl (C=O) groups excluding carboxylic acids is 1. The van der Waals surface area contributed by atoms with E-state index in [1.807, 2.05) is 6.92 Å². The third-order valence-electron chi connectivity index (χ3n) is 4.62. The molecule has 26 heavy (non-hydrogen) atoms. The van der Waals surface area contributed by atoms with Crippen LogP contribution < -0.4 is 10.2 Å². The number of aryl methyl sites for hydroxylation is 1. The predicted molar refractivity (Wildman–Crippen MR) is 93.9 cm³/mol. The SMILES string of the molecule is Cc1nc(N2CCCCCCC2)ncc1[C@@H](C)NC(=O)CCC(F)(F)F. The van der Waals surface area contributed by atoms with Crippen molar-refractivity contribution in [3.8, 4) is 0 Å². The van der Waals surface area contributed by atoms with Gasteiger partial charge in [0, 0.05) is 37.0 Å². The van der Waals surface area contributed by atoms with Crippen molar-refractivity contribution >= 4 is 11.9 Å². The highest BCUT2D eigenvalue weighted by Crippen LogP contribution is 2.23. The normalized spacial score (nSPS) is 17.3. The molecule has 0 bridgehead atoms. The molecular formula is C18H27F3N4O. The maximum absolute atomic E-state index is 12.2. The summed E-state index contributed by atoms with van der Waals surface area (Å²) in [5.41, 5.74) is 1.46. The molecule has 0 spiro atoms. The van der Waals surface area contributed by atoms with Crippen molar-refractivity contribution in [2.24, 2.45) is 0 Å². The Kier molecular flexibility index (Phi) is 7.23. The van der Waals surface area contributed by atoms with Crippen LogP contribution in [-0.4, -0.2) is 35.1 Å². The first-order valence-electron chi connectivity index (χ1n) is 9.21. The zero-order valence-electron chi connectivity index (χ0n) is 15.4. The fourth-order valence-corrected chi connectivity index (χ4v) is 3.14. The minimum atomic E-state index is -4.33. The molecule has 0 aromatic carbocycles. The number of hydrogen-bond donors (Lipinski definition) is 1. The molecule has 0 radical (unpaired) electrons. The first-order valence-corrected chi connectivity index (χ1v) is 9.21. The van der Waals surface area contributed by atoms with Gasteiger partial charge in [-0.25, -0.2) is 9.97 Å². The van der Waals surface area contributed by atoms with Gasteiger partial charge in [0.05, 0.1) is 12.5 Å². The average molecular weight is 372 g/mol. The van der Waals surface area contributed by atoms with Gasteiger partial charge in [-0.3, -0.25) is 4.79 Å². The third kappa shape index (κ3) is 6.46. The fraction of sp³-hybridized carbons (Fsp3) is 0.722. The van der Waals surface area contributed by atoms with Crippen LogP contribution in [0, 0.1) is 6.92 Å². The highest BCUT2D eigenvalue weighted by Gasteiger charge is 2.28. The van der Waals surface area contributed by atoms with E-state index >= 15 is 0 Å². The molecule has 2 heterocycles. The first kappa shape index (κ1) is 20.5. The van der Waals surface area contributed by atoms with E-state index in [4.69, 9.17) is 0 Å². The molecular weight excluding hydrogens is 345 g/mol. The van der Waals surface area contributed by atoms with Crippen LogP contribution in [0.4, 0.5) is 19.1 Å². The average Bonchev–Trinajstić information content (AvgIpc) is 2.51. The number of anilines is 1. The van der Waals surface area contributed by atoms with Crippen molar-refractivity contribution in [2.45, 2.75) is 71.0 Å². The molecule has 0 aliphatic carbocycles. The summed E-state index contributed by atoms with van der Waals surface area (Å²) in [4.78, 5) is 22.9. The van der Waals surface area contributed by atoms with E-state index in [-0.39, 0.29) is 0 Å². The molecule has 5 nitrogen and oxygen atoms in total. The smallest absolute Gasteiger partial charge is 0.349 e. The number of amides is 1. The van der Waals surface area contributed by atoms with Gasteiger partial charge in [-0.15, -0.1) is 0 Å². The summed E-state index contributed by atoms with van der Waals surface area (Å²) in [7, 11) is 0. The molecule has 1 aromatic heterocycles. The third-order valence-corrected chi connectivity index (χ3v) is 4.62. The van der Waals surface area contributed by atoms with Crippen molar-refractivity contribution in [1.29, 1.82) is 0 Å². The van der Waals surface area contributed by atoms with E-state index in [1.165, 1.54) is 19.3 Å². The van der Waals surface area contributed by atoms with Gasteiger partial charge in [-0.05, 0) is 26.7 Å². The number of rotatable bonds is 5. The van der Waals surface area contributed by atoms with Gasteiger partial charge < -0.3 is 10.2 Å². The summed E-state index contributed by atoms with van der Waals surface area (Å²) in [6.07, 6.45) is 1.61. The number of nitrogens with one attached hydrogen (secondary N) is 1. The predicted octanol–water partition coefficient (Wildman–Crippen LogP) is 4.08. The number of halogens is 3. The Morgan fingerprint density at radius 3 is 2.42 bits per heavy atom. The Labute approximate surface area is 152 Å². The summed E-state index contributed by atoms with van der Waals surface area (Å²) in [5, 5.41) is 2.59. The molecule has 1 saturated heterocycles. The van der Waals surface area contributed by atoms with Crippen LogP contribution in [0.25, 0.3) is 0 Å². The van der Waals surface area contributed by atoms with Crippen LogP contribution in [0.3, 0.4) is 0 Å². The second-order valence-corrected chi connectivity index (χ2v) is 6.87. The van der Waals surface area contributed by atoms with E-state index in [0.29, 0.717) is 5.95 Å². The van der Waals surface area contributed by atoms with Crippen molar-refractivity contribution in [3.63, 3.8) is 0 Å². The highest BCUT2D eigenvalue weighted by atomic mass is 19.4. The molecule has 8 heteroatoms. The number of aromatic nitrogens is 2. The quantitative estimate of drug-likeness (QED) is 0.846. The monoisotopic (exact) mass is 372 g/mol. The van der Waals surface area contributed by atoms with Crippen LogP contribution in [0.15, 0.2) is 6.20 Å². The second-order valence-electron chi connectivity index (χ2n) is 6.87. The van der Waals surface area contributed by atoms with Crippen LogP contribution in [0.5, 0.6) is 0 Å². The van der Waals surface area contributed by atoms with Crippen molar-refractivity contribution in [2.75, 3.05) is 18.0 Å². The second kappa shape index (κ2) is 9.19. The van der Waals surface area contributed by atoms with Gasteiger partial charge in [0.1, 0.15) is 0 Å². The van der Waals surface area contributed by atoms with E-state index in [9.17, 15) is 18.0 Å². The van der Waals surface area contributed by atoms with E-state index in [1.54, 1.807) is 13.1 Å². The Balaban J connectivity index is 1.98. The molecule has 1 N–H and O–H groups in total. The highest BCUT2D eigenvalue weighted by molar-refractivity contribution is 5.76. The Morgan fingerprint density at radius 1 is 1.23 bits per heavy atom. The minimum Gasteiger partial charge on any atom is -0.349 e. The molecule has 1 aliphatic heterocycles. The summed E-state index contributed by atoms with van der Waals surface area (Å²) < 4.78 is 36.6. The van der Waals surface area contributed by atoms with Gasteiger partial charge in [0.2, 0.25) is 11.9 Å². The summed E-state index contributed by atoms with van der Waals surface area (Å²) in [5.74, 6) is 0.0609. The topological polar surface area (TPSA) is 58.1 Å². The Morgan fingerprint density at radius 2 is 1.85 bits per heavy atom. The minimum absolute atomic E-state index is 0.433. The van der Waals surface area contributed by atoms with Gasteiger partial charge in [-0.1, -0.05) is 19.3 Å². The van der Waals surface area contributed by atoms with Crippen LogP contribution in [-0.2, 0) is 4.79 Å². The van der Waals surface area contributed by atoms with E-state index in [0.717, 1.165) is 37.2 Å². The lowest BCUT2D eigenvalue weighted by Gasteiger charge is -2.25. The lowest BCUT2D eigenvalue weighted by Crippen LogP contribution is -2.30. The first-order chi connectivity index (χ1) is 12.3. The zero-order chi connectivity index (χ0) is 19.2. The fourth-order valence-electron chi connectivity index (χ4n) is 3.14. The van der Waals surface area contributed by atoms with Crippen LogP contribution >= 0.6 is 0 Å². The molecule has 1 amide bonds. The van der Waals surface area contributed by atoms with Crippen molar-refractivity contribution in [3.05, 3.63) is 17.5 Å². The maximum atomic E-state index is 12.2. The Bertz CT molecular complexity index is 599. The van der Waals surface area contributed by atoms with Crippen LogP contribution in [0.2, 0.25) is 0 Å². The van der Waals surface area contributed by atoms with Crippen LogP contribution in [0.1, 0.15) is 69.2 Å². The lowest BCUT2D eigenvalue weighted by atomic mass is 10.1. The van der Waals surface area contributed by atoms with E-state index in [2.05, 4.69) is 20.2 Å². The summed E-state index contributed by atoms with van der Waals surface area (Å²) in [6.45, 7) is 5.43. The van der Waals surface area contributed by atoms with Gasteiger partial charge in [-0.2, -0.15) is 13.2 Å². The largest absolute Gasteiger partial charge is 0.389 e. The molecule has 1 fully saturated rings. The number of alkyl halides is 3. The van der Waals surface area contributed by atoms with Gasteiger partial charge >= 0.3 is 6.18 Å². The van der Waals surface area contributed by atoms with E-state index < -0.39 is 31.0 Å². The molecule has 146 valence electrons. The molecule has 2 rings (SSSR count). The van der Waals surface area contributed by atoms with Gasteiger partial charge in [0.15, 0.2) is 0 Å². The maximum Gasteiger partial charge on any atom is 0.389 e. The molecule has 1 aromatic rings. The van der Waals surface area contributed by atoms with Gasteiger partial charge in [0.25, 0.3) is 0 Å². The van der Waals surface area contributed by atoms with Crippen molar-refractivity contribution in [1.82, 2.24) is 15.3 Å². The van der Waals surface area contributed by atoms with Crippen molar-refractivity contribution < 1.29 is 18.0 Å². The number of carbonyl (C=O) groups is 1. The lowest BCUT2D eigenvalue weighted by molar-refractivity contribution is -0.144. The standard InChI is InChI=1S/C18H27F3N4O/c1-13(23-16(26)8-9-18(19,20)21)15-12-22-17(24-14(15)2)25-10-6-4-3-5-7-11-25/h12-13H,3-11H2,1-2H3,(H,23,26)/t13-/m1/s1. The summed E-state index contributed by atoms with van der Waals surface area (Å²) in [6, 6.07) is -0.433. The molecule has 0 saturated carbocycles. The zero-order valence-corrected chi connectivity index (χ0v) is 15.4.